The maximum Gasteiger partial charge on any atom is 0.197 e. The molecule has 0 unspecified atom stereocenters. The van der Waals surface area contributed by atoms with E-state index in [1.54, 1.807) is 0 Å². The van der Waals surface area contributed by atoms with E-state index in [-0.39, 0.29) is 0 Å². The van der Waals surface area contributed by atoms with E-state index in [1.165, 1.54) is 20.2 Å². The van der Waals surface area contributed by atoms with Crippen LogP contribution in [0.2, 0.25) is 0 Å². The molecule has 0 bridgehead atoms. The average Bonchev–Trinajstić information content (AvgIpc) is 3.56. The Bertz CT molecular complexity index is 2460. The molecule has 192 valence electrons. The van der Waals surface area contributed by atoms with Crippen molar-refractivity contribution in [1.29, 1.82) is 0 Å². The molecule has 5 aromatic heterocycles. The zero-order valence-corrected chi connectivity index (χ0v) is 23.8. The lowest BCUT2D eigenvalue weighted by Gasteiger charge is -2.11. The molecule has 9 aromatic rings. The highest BCUT2D eigenvalue weighted by atomic mass is 79.9. The second-order valence-corrected chi connectivity index (χ2v) is 11.9. The Hall–Kier alpha value is -4.72. The minimum Gasteiger partial charge on any atom is -0.278 e. The van der Waals surface area contributed by atoms with E-state index in [4.69, 9.17) is 19.9 Å². The molecule has 0 atom stereocenters. The van der Waals surface area contributed by atoms with E-state index in [9.17, 15) is 0 Å². The second kappa shape index (κ2) is 8.64. The summed E-state index contributed by atoms with van der Waals surface area (Å²) in [4.78, 5) is 19.7. The van der Waals surface area contributed by atoms with Crippen molar-refractivity contribution in [3.8, 4) is 17.1 Å². The van der Waals surface area contributed by atoms with Gasteiger partial charge in [-0.05, 0) is 70.5 Å². The normalized spacial score (nSPS) is 12.0. The minimum absolute atomic E-state index is 0.536. The van der Waals surface area contributed by atoms with Crippen molar-refractivity contribution >= 4 is 91.2 Å². The molecule has 0 aliphatic rings. The number of aromatic nitrogens is 5. The minimum atomic E-state index is 0.536. The summed E-state index contributed by atoms with van der Waals surface area (Å²) >= 11 is 5.42. The van der Waals surface area contributed by atoms with Gasteiger partial charge in [0.25, 0.3) is 0 Å². The second-order valence-electron chi connectivity index (χ2n) is 10.1. The summed E-state index contributed by atoms with van der Waals surface area (Å²) in [6.07, 6.45) is 1.83. The predicted molar refractivity (Wildman–Crippen MR) is 173 cm³/mol. The first-order chi connectivity index (χ1) is 20.2. The highest BCUT2D eigenvalue weighted by Crippen LogP contribution is 2.38. The molecule has 7 heteroatoms. The fraction of sp³-hybridized carbons (Fsp3) is 0. The SMILES string of the molecule is Brc1nc(-c2ccc3sc4ccccc4c3c2)c2ccc3ccc(-n4c5ccccc5c5cccnc54)nc3c2n1. The summed E-state index contributed by atoms with van der Waals surface area (Å²) in [6.45, 7) is 0. The van der Waals surface area contributed by atoms with E-state index in [2.05, 4.69) is 118 Å². The largest absolute Gasteiger partial charge is 0.278 e. The average molecular weight is 609 g/mol. The molecule has 5 heterocycles. The zero-order chi connectivity index (χ0) is 27.1. The van der Waals surface area contributed by atoms with Crippen LogP contribution in [0, 0.1) is 0 Å². The van der Waals surface area contributed by atoms with Crippen LogP contribution in [-0.2, 0) is 0 Å². The van der Waals surface area contributed by atoms with Gasteiger partial charge in [0.05, 0.1) is 16.7 Å². The molecule has 41 heavy (non-hydrogen) atoms. The maximum atomic E-state index is 5.22. The molecule has 0 saturated heterocycles. The molecule has 0 aliphatic carbocycles. The summed E-state index contributed by atoms with van der Waals surface area (Å²) in [6, 6.07) is 36.0. The van der Waals surface area contributed by atoms with Crippen molar-refractivity contribution in [2.75, 3.05) is 0 Å². The summed E-state index contributed by atoms with van der Waals surface area (Å²) in [5.41, 5.74) is 5.52. The van der Waals surface area contributed by atoms with Crippen molar-refractivity contribution < 1.29 is 0 Å². The number of halogens is 1. The first-order valence-corrected chi connectivity index (χ1v) is 14.9. The number of pyridine rings is 2. The maximum absolute atomic E-state index is 5.22. The van der Waals surface area contributed by atoms with Crippen molar-refractivity contribution in [1.82, 2.24) is 24.5 Å². The first-order valence-electron chi connectivity index (χ1n) is 13.3. The predicted octanol–water partition coefficient (Wildman–Crippen LogP) is 9.47. The van der Waals surface area contributed by atoms with Crippen molar-refractivity contribution in [3.05, 3.63) is 114 Å². The number of para-hydroxylation sites is 1. The van der Waals surface area contributed by atoms with Crippen LogP contribution < -0.4 is 0 Å². The Morgan fingerprint density at radius 3 is 2.37 bits per heavy atom. The third kappa shape index (κ3) is 3.40. The fourth-order valence-electron chi connectivity index (χ4n) is 5.98. The molecule has 0 amide bonds. The van der Waals surface area contributed by atoms with E-state index in [0.717, 1.165) is 60.8 Å². The molecule has 5 nitrogen and oxygen atoms in total. The van der Waals surface area contributed by atoms with Gasteiger partial charge in [-0.25, -0.2) is 19.9 Å². The standard InChI is InChI=1S/C34H18BrN5S/c35-34-38-30(20-12-15-28-25(18-20)22-7-2-4-10-27(22)41-28)24-14-11-19-13-16-29(37-31(19)32(24)39-34)40-26-9-3-1-6-21(26)23-8-5-17-36-33(23)40/h1-18H. The quantitative estimate of drug-likeness (QED) is 0.145. The van der Waals surface area contributed by atoms with E-state index < -0.39 is 0 Å². The van der Waals surface area contributed by atoms with E-state index >= 15 is 0 Å². The van der Waals surface area contributed by atoms with Crippen molar-refractivity contribution in [2.45, 2.75) is 0 Å². The smallest absolute Gasteiger partial charge is 0.197 e. The van der Waals surface area contributed by atoms with Gasteiger partial charge in [0, 0.05) is 53.5 Å². The number of rotatable bonds is 2. The van der Waals surface area contributed by atoms with Gasteiger partial charge >= 0.3 is 0 Å². The lowest BCUT2D eigenvalue weighted by Crippen LogP contribution is -2.00. The Morgan fingerprint density at radius 2 is 1.41 bits per heavy atom. The number of thiophene rings is 1. The topological polar surface area (TPSA) is 56.5 Å². The Morgan fingerprint density at radius 1 is 0.610 bits per heavy atom. The van der Waals surface area contributed by atoms with Gasteiger partial charge in [-0.15, -0.1) is 11.3 Å². The molecule has 4 aromatic carbocycles. The van der Waals surface area contributed by atoms with Crippen LogP contribution in [0.5, 0.6) is 0 Å². The van der Waals surface area contributed by atoms with E-state index in [1.807, 2.05) is 23.6 Å². The van der Waals surface area contributed by atoms with Gasteiger partial charge in [0.15, 0.2) is 4.73 Å². The number of hydrogen-bond donors (Lipinski definition) is 0. The third-order valence-electron chi connectivity index (χ3n) is 7.80. The fourth-order valence-corrected chi connectivity index (χ4v) is 7.42. The Kier molecular flexibility index (Phi) is 4.85. The Labute approximate surface area is 245 Å². The van der Waals surface area contributed by atoms with Crippen LogP contribution in [0.25, 0.3) is 81.0 Å². The van der Waals surface area contributed by atoms with Gasteiger partial charge in [-0.3, -0.25) is 4.57 Å². The van der Waals surface area contributed by atoms with Gasteiger partial charge in [0.2, 0.25) is 0 Å². The monoisotopic (exact) mass is 607 g/mol. The van der Waals surface area contributed by atoms with Gasteiger partial charge < -0.3 is 0 Å². The number of benzene rings is 4. The number of fused-ring (bicyclic) bond motifs is 9. The molecule has 0 saturated carbocycles. The Balaban J connectivity index is 1.31. The van der Waals surface area contributed by atoms with Crippen molar-refractivity contribution in [3.63, 3.8) is 0 Å². The highest BCUT2D eigenvalue weighted by molar-refractivity contribution is 9.10. The molecular formula is C34H18BrN5S. The number of hydrogen-bond acceptors (Lipinski definition) is 5. The highest BCUT2D eigenvalue weighted by Gasteiger charge is 2.17. The molecule has 9 rings (SSSR count). The number of nitrogens with zero attached hydrogens (tertiary/aromatic N) is 5. The summed E-state index contributed by atoms with van der Waals surface area (Å²) in [5, 5.41) is 6.75. The third-order valence-corrected chi connectivity index (χ3v) is 9.30. The molecule has 0 radical (unpaired) electrons. The zero-order valence-electron chi connectivity index (χ0n) is 21.4. The van der Waals surface area contributed by atoms with Crippen LogP contribution in [0.4, 0.5) is 0 Å². The van der Waals surface area contributed by atoms with E-state index in [0.29, 0.717) is 4.73 Å². The lowest BCUT2D eigenvalue weighted by molar-refractivity contribution is 1.07. The molecule has 0 aliphatic heterocycles. The summed E-state index contributed by atoms with van der Waals surface area (Å²) in [7, 11) is 0. The van der Waals surface area contributed by atoms with Gasteiger partial charge in [-0.1, -0.05) is 48.5 Å². The van der Waals surface area contributed by atoms with Crippen LogP contribution in [0.1, 0.15) is 0 Å². The lowest BCUT2D eigenvalue weighted by atomic mass is 10.0. The summed E-state index contributed by atoms with van der Waals surface area (Å²) in [5.74, 6) is 0.803. The van der Waals surface area contributed by atoms with Gasteiger partial charge in [0.1, 0.15) is 17.0 Å². The van der Waals surface area contributed by atoms with Crippen LogP contribution >= 0.6 is 27.3 Å². The van der Waals surface area contributed by atoms with Crippen LogP contribution in [0.3, 0.4) is 0 Å². The van der Waals surface area contributed by atoms with Gasteiger partial charge in [-0.2, -0.15) is 0 Å². The molecule has 0 fully saturated rings. The molecular weight excluding hydrogens is 590 g/mol. The summed E-state index contributed by atoms with van der Waals surface area (Å²) < 4.78 is 5.23. The van der Waals surface area contributed by atoms with Crippen LogP contribution in [0.15, 0.2) is 114 Å². The van der Waals surface area contributed by atoms with Crippen LogP contribution in [-0.4, -0.2) is 24.5 Å². The first kappa shape index (κ1) is 23.0. The molecule has 0 spiro atoms. The van der Waals surface area contributed by atoms with Crippen molar-refractivity contribution in [2.24, 2.45) is 0 Å². The molecule has 0 N–H and O–H groups in total.